The molecule has 138 valence electrons. The van der Waals surface area contributed by atoms with Gasteiger partial charge in [-0.05, 0) is 80.5 Å². The molecule has 3 atom stereocenters. The van der Waals surface area contributed by atoms with E-state index >= 15 is 0 Å². The van der Waals surface area contributed by atoms with Crippen LogP contribution in [0.4, 0.5) is 0 Å². The fourth-order valence-electron chi connectivity index (χ4n) is 6.16. The molecule has 2 fully saturated rings. The van der Waals surface area contributed by atoms with Crippen molar-refractivity contribution in [3.8, 4) is 5.75 Å². The van der Waals surface area contributed by atoms with E-state index in [1.807, 2.05) is 6.92 Å². The Morgan fingerprint density at radius 3 is 2.92 bits per heavy atom. The third kappa shape index (κ3) is 2.44. The first-order valence-electron chi connectivity index (χ1n) is 10.2. The summed E-state index contributed by atoms with van der Waals surface area (Å²) < 4.78 is 11.5. The highest BCUT2D eigenvalue weighted by atomic mass is 16.5. The van der Waals surface area contributed by atoms with Gasteiger partial charge in [-0.25, -0.2) is 0 Å². The van der Waals surface area contributed by atoms with Gasteiger partial charge >= 0.3 is 0 Å². The Kier molecular flexibility index (Phi) is 3.89. The zero-order valence-corrected chi connectivity index (χ0v) is 16.0. The molecule has 0 radical (unpaired) electrons. The zero-order valence-electron chi connectivity index (χ0n) is 16.0. The SMILES string of the molecule is COc1ccc2c(c1)[C@@]13CCCC[C@H]1[C@@H](C2)N(Cc1ccc(C)o1)CC3. The highest BCUT2D eigenvalue weighted by Gasteiger charge is 2.53. The largest absolute Gasteiger partial charge is 0.497 e. The number of furan rings is 1. The fraction of sp³-hybridized carbons (Fsp3) is 0.565. The molecule has 1 saturated heterocycles. The molecule has 0 N–H and O–H groups in total. The Hall–Kier alpha value is -1.74. The lowest BCUT2D eigenvalue weighted by molar-refractivity contribution is -0.0186. The van der Waals surface area contributed by atoms with Crippen LogP contribution in [0, 0.1) is 12.8 Å². The van der Waals surface area contributed by atoms with Crippen LogP contribution < -0.4 is 4.74 Å². The maximum Gasteiger partial charge on any atom is 0.119 e. The number of hydrogen-bond acceptors (Lipinski definition) is 3. The number of fused-ring (bicyclic) bond motifs is 1. The molecule has 2 bridgehead atoms. The van der Waals surface area contributed by atoms with Gasteiger partial charge in [-0.15, -0.1) is 0 Å². The van der Waals surface area contributed by atoms with Gasteiger partial charge in [0.15, 0.2) is 0 Å². The minimum Gasteiger partial charge on any atom is -0.497 e. The monoisotopic (exact) mass is 351 g/mol. The number of methoxy groups -OCH3 is 1. The molecule has 1 aliphatic heterocycles. The molecule has 2 aliphatic carbocycles. The molecular weight excluding hydrogens is 322 g/mol. The molecule has 3 heteroatoms. The van der Waals surface area contributed by atoms with Crippen molar-refractivity contribution in [1.29, 1.82) is 0 Å². The van der Waals surface area contributed by atoms with Crippen molar-refractivity contribution in [1.82, 2.24) is 4.90 Å². The van der Waals surface area contributed by atoms with E-state index in [0.717, 1.165) is 29.7 Å². The standard InChI is InChI=1S/C23H29NO2/c1-16-6-8-19(26-16)15-24-12-11-23-10-4-3-5-20(23)22(24)13-17-7-9-18(25-2)14-21(17)23/h6-9,14,20,22H,3-5,10-13,15H2,1-2H3/t20-,22+,23+/m0/s1. The number of rotatable bonds is 3. The topological polar surface area (TPSA) is 25.6 Å². The van der Waals surface area contributed by atoms with Crippen molar-refractivity contribution in [2.45, 2.75) is 63.5 Å². The van der Waals surface area contributed by atoms with Crippen LogP contribution in [0.1, 0.15) is 54.8 Å². The zero-order chi connectivity index (χ0) is 17.7. The van der Waals surface area contributed by atoms with Gasteiger partial charge < -0.3 is 9.15 Å². The number of hydrogen-bond donors (Lipinski definition) is 0. The van der Waals surface area contributed by atoms with Crippen molar-refractivity contribution in [3.05, 3.63) is 53.0 Å². The summed E-state index contributed by atoms with van der Waals surface area (Å²) in [6.07, 6.45) is 7.92. The molecule has 2 aromatic rings. The summed E-state index contributed by atoms with van der Waals surface area (Å²) in [5.41, 5.74) is 3.53. The molecule has 0 unspecified atom stereocenters. The summed E-state index contributed by atoms with van der Waals surface area (Å²) in [5.74, 6) is 3.94. The highest BCUT2D eigenvalue weighted by Crippen LogP contribution is 2.56. The van der Waals surface area contributed by atoms with Crippen LogP contribution in [0.3, 0.4) is 0 Å². The first-order chi connectivity index (χ1) is 12.7. The van der Waals surface area contributed by atoms with Gasteiger partial charge in [-0.1, -0.05) is 18.9 Å². The molecule has 1 aromatic heterocycles. The molecule has 26 heavy (non-hydrogen) atoms. The molecular formula is C23H29NO2. The Labute approximate surface area is 156 Å². The van der Waals surface area contributed by atoms with E-state index in [2.05, 4.69) is 35.2 Å². The van der Waals surface area contributed by atoms with E-state index in [9.17, 15) is 0 Å². The summed E-state index contributed by atoms with van der Waals surface area (Å²) in [7, 11) is 1.79. The van der Waals surface area contributed by atoms with E-state index in [-0.39, 0.29) is 0 Å². The summed E-state index contributed by atoms with van der Waals surface area (Å²) in [6.45, 7) is 4.17. The van der Waals surface area contributed by atoms with Crippen LogP contribution in [0.2, 0.25) is 0 Å². The third-order valence-corrected chi connectivity index (χ3v) is 7.31. The lowest BCUT2D eigenvalue weighted by Crippen LogP contribution is -2.60. The summed E-state index contributed by atoms with van der Waals surface area (Å²) in [4.78, 5) is 2.71. The Balaban J connectivity index is 1.53. The summed E-state index contributed by atoms with van der Waals surface area (Å²) in [5, 5.41) is 0. The lowest BCUT2D eigenvalue weighted by Gasteiger charge is -2.59. The van der Waals surface area contributed by atoms with E-state index in [1.165, 1.54) is 45.1 Å². The number of nitrogens with zero attached hydrogens (tertiary/aromatic N) is 1. The van der Waals surface area contributed by atoms with Crippen molar-refractivity contribution < 1.29 is 9.15 Å². The average molecular weight is 351 g/mol. The quantitative estimate of drug-likeness (QED) is 0.790. The van der Waals surface area contributed by atoms with Crippen molar-refractivity contribution in [2.24, 2.45) is 5.92 Å². The number of benzene rings is 1. The number of piperidine rings is 1. The number of aryl methyl sites for hydroxylation is 1. The summed E-state index contributed by atoms with van der Waals surface area (Å²) in [6, 6.07) is 11.7. The van der Waals surface area contributed by atoms with Gasteiger partial charge in [0.05, 0.1) is 13.7 Å². The van der Waals surface area contributed by atoms with Gasteiger partial charge in [0.1, 0.15) is 17.3 Å². The second-order valence-corrected chi connectivity index (χ2v) is 8.54. The molecule has 0 spiro atoms. The Morgan fingerprint density at radius 1 is 1.19 bits per heavy atom. The van der Waals surface area contributed by atoms with Crippen LogP contribution in [0.5, 0.6) is 5.75 Å². The molecule has 0 amide bonds. The first-order valence-corrected chi connectivity index (χ1v) is 10.2. The number of ether oxygens (including phenoxy) is 1. The lowest BCUT2D eigenvalue weighted by atomic mass is 9.52. The van der Waals surface area contributed by atoms with Gasteiger partial charge in [0, 0.05) is 11.5 Å². The fourth-order valence-corrected chi connectivity index (χ4v) is 6.16. The predicted molar refractivity (Wildman–Crippen MR) is 103 cm³/mol. The van der Waals surface area contributed by atoms with Crippen LogP contribution in [0.25, 0.3) is 0 Å². The van der Waals surface area contributed by atoms with Crippen LogP contribution in [-0.4, -0.2) is 24.6 Å². The van der Waals surface area contributed by atoms with Gasteiger partial charge in [0.25, 0.3) is 0 Å². The maximum atomic E-state index is 5.90. The molecule has 3 nitrogen and oxygen atoms in total. The average Bonchev–Trinajstić information content (AvgIpc) is 3.08. The number of likely N-dealkylation sites (tertiary alicyclic amines) is 1. The minimum atomic E-state index is 0.376. The van der Waals surface area contributed by atoms with Gasteiger partial charge in [-0.3, -0.25) is 4.90 Å². The Bertz CT molecular complexity index is 810. The van der Waals surface area contributed by atoms with E-state index in [4.69, 9.17) is 9.15 Å². The molecule has 3 aliphatic rings. The van der Waals surface area contributed by atoms with Crippen LogP contribution >= 0.6 is 0 Å². The van der Waals surface area contributed by atoms with Crippen LogP contribution in [-0.2, 0) is 18.4 Å². The van der Waals surface area contributed by atoms with Crippen LogP contribution in [0.15, 0.2) is 34.7 Å². The van der Waals surface area contributed by atoms with E-state index < -0.39 is 0 Å². The molecule has 2 heterocycles. The smallest absolute Gasteiger partial charge is 0.119 e. The summed E-state index contributed by atoms with van der Waals surface area (Å²) >= 11 is 0. The normalized spacial score (nSPS) is 30.5. The van der Waals surface area contributed by atoms with Gasteiger partial charge in [0.2, 0.25) is 0 Å². The second-order valence-electron chi connectivity index (χ2n) is 8.54. The van der Waals surface area contributed by atoms with Crippen molar-refractivity contribution in [3.63, 3.8) is 0 Å². The minimum absolute atomic E-state index is 0.376. The molecule has 1 saturated carbocycles. The Morgan fingerprint density at radius 2 is 2.12 bits per heavy atom. The van der Waals surface area contributed by atoms with Crippen molar-refractivity contribution in [2.75, 3.05) is 13.7 Å². The molecule has 5 rings (SSSR count). The highest BCUT2D eigenvalue weighted by molar-refractivity contribution is 5.45. The van der Waals surface area contributed by atoms with E-state index in [1.54, 1.807) is 18.2 Å². The molecule has 1 aromatic carbocycles. The predicted octanol–water partition coefficient (Wildman–Crippen LogP) is 4.86. The second kappa shape index (κ2) is 6.16. The first kappa shape index (κ1) is 16.4. The van der Waals surface area contributed by atoms with Gasteiger partial charge in [-0.2, -0.15) is 0 Å². The third-order valence-electron chi connectivity index (χ3n) is 7.31. The maximum absolute atomic E-state index is 5.90. The van der Waals surface area contributed by atoms with Crippen molar-refractivity contribution >= 4 is 0 Å². The van der Waals surface area contributed by atoms with E-state index in [0.29, 0.717) is 11.5 Å².